The number of hydrogen-bond acceptors (Lipinski definition) is 4. The first-order chi connectivity index (χ1) is 12.8. The molecule has 0 spiro atoms. The number of piperidine rings is 1. The van der Waals surface area contributed by atoms with Crippen LogP contribution >= 0.6 is 0 Å². The quantitative estimate of drug-likeness (QED) is 0.789. The zero-order valence-corrected chi connectivity index (χ0v) is 16.9. The van der Waals surface area contributed by atoms with Gasteiger partial charge in [0.15, 0.2) is 0 Å². The van der Waals surface area contributed by atoms with Crippen molar-refractivity contribution in [2.24, 2.45) is 5.73 Å². The van der Waals surface area contributed by atoms with Crippen molar-refractivity contribution in [1.29, 1.82) is 0 Å². The fourth-order valence-corrected chi connectivity index (χ4v) is 4.66. The number of amides is 1. The van der Waals surface area contributed by atoms with E-state index in [-0.39, 0.29) is 18.1 Å². The van der Waals surface area contributed by atoms with E-state index in [2.05, 4.69) is 36.3 Å². The Morgan fingerprint density at radius 3 is 2.67 bits per heavy atom. The van der Waals surface area contributed by atoms with Crippen LogP contribution in [0.3, 0.4) is 0 Å². The van der Waals surface area contributed by atoms with E-state index in [0.717, 1.165) is 19.3 Å². The number of hydrogen-bond donors (Lipinski definition) is 2. The molecule has 0 saturated carbocycles. The second-order valence-electron chi connectivity index (χ2n) is 7.56. The number of H-pyrrole nitrogens is 1. The molecule has 1 unspecified atom stereocenters. The predicted molar refractivity (Wildman–Crippen MR) is 109 cm³/mol. The summed E-state index contributed by atoms with van der Waals surface area (Å²) in [6.07, 6.45) is 6.25. The van der Waals surface area contributed by atoms with E-state index in [1.807, 2.05) is 0 Å². The third kappa shape index (κ3) is 4.52. The van der Waals surface area contributed by atoms with Gasteiger partial charge in [0.25, 0.3) is 0 Å². The third-order valence-electron chi connectivity index (χ3n) is 5.58. The number of likely N-dealkylation sites (tertiary alicyclic amines) is 1. The minimum atomic E-state index is -3.10. The van der Waals surface area contributed by atoms with Gasteiger partial charge in [-0.25, -0.2) is 8.42 Å². The Kier molecular flexibility index (Phi) is 5.91. The molecule has 3 N–H and O–H groups in total. The molecule has 1 saturated heterocycles. The van der Waals surface area contributed by atoms with Gasteiger partial charge in [-0.15, -0.1) is 0 Å². The summed E-state index contributed by atoms with van der Waals surface area (Å²) < 4.78 is 22.6. The fourth-order valence-electron chi connectivity index (χ4n) is 3.98. The lowest BCUT2D eigenvalue weighted by atomic mass is 9.88. The molecule has 1 aromatic carbocycles. The van der Waals surface area contributed by atoms with Crippen molar-refractivity contribution in [3.63, 3.8) is 0 Å². The summed E-state index contributed by atoms with van der Waals surface area (Å²) in [7, 11) is -3.10. The van der Waals surface area contributed by atoms with Gasteiger partial charge < -0.3 is 15.6 Å². The number of aromatic amines is 1. The maximum Gasteiger partial charge on any atom is 0.239 e. The summed E-state index contributed by atoms with van der Waals surface area (Å²) in [5, 5.41) is 1.28. The molecule has 2 heterocycles. The zero-order valence-electron chi connectivity index (χ0n) is 16.1. The van der Waals surface area contributed by atoms with Crippen LogP contribution in [0.15, 0.2) is 24.4 Å². The van der Waals surface area contributed by atoms with E-state index in [9.17, 15) is 13.2 Å². The Balaban J connectivity index is 1.63. The van der Waals surface area contributed by atoms with E-state index in [1.165, 1.54) is 28.3 Å². The first-order valence-corrected chi connectivity index (χ1v) is 11.7. The van der Waals surface area contributed by atoms with Gasteiger partial charge in [0.05, 0.1) is 11.8 Å². The number of para-hydroxylation sites is 1. The molecule has 0 radical (unpaired) electrons. The molecule has 7 heteroatoms. The second kappa shape index (κ2) is 8.02. The monoisotopic (exact) mass is 391 g/mol. The van der Waals surface area contributed by atoms with Gasteiger partial charge in [-0.1, -0.05) is 25.1 Å². The van der Waals surface area contributed by atoms with Crippen LogP contribution in [0.25, 0.3) is 10.9 Å². The van der Waals surface area contributed by atoms with Crippen molar-refractivity contribution in [2.75, 3.05) is 25.1 Å². The maximum absolute atomic E-state index is 12.5. The molecule has 1 aliphatic rings. The van der Waals surface area contributed by atoms with Crippen molar-refractivity contribution >= 4 is 26.6 Å². The largest absolute Gasteiger partial charge is 0.361 e. The fraction of sp³-hybridized carbons (Fsp3) is 0.550. The number of aryl methyl sites for hydroxylation is 1. The lowest BCUT2D eigenvalue weighted by Crippen LogP contribution is -2.47. The molecule has 0 bridgehead atoms. The summed E-state index contributed by atoms with van der Waals surface area (Å²) >= 11 is 0. The molecule has 1 aliphatic heterocycles. The van der Waals surface area contributed by atoms with E-state index in [0.29, 0.717) is 19.0 Å². The van der Waals surface area contributed by atoms with Crippen LogP contribution in [0, 0.1) is 0 Å². The number of nitrogens with one attached hydrogen (secondary N) is 1. The summed E-state index contributed by atoms with van der Waals surface area (Å²) in [6.45, 7) is 3.48. The van der Waals surface area contributed by atoms with Crippen molar-refractivity contribution in [3.05, 3.63) is 35.5 Å². The van der Waals surface area contributed by atoms with Gasteiger partial charge in [-0.3, -0.25) is 4.79 Å². The Bertz CT molecular complexity index is 912. The second-order valence-corrected chi connectivity index (χ2v) is 9.82. The predicted octanol–water partition coefficient (Wildman–Crippen LogP) is 2.20. The molecule has 6 nitrogen and oxygen atoms in total. The Morgan fingerprint density at radius 1 is 1.33 bits per heavy atom. The smallest absolute Gasteiger partial charge is 0.239 e. The van der Waals surface area contributed by atoms with Gasteiger partial charge >= 0.3 is 0 Å². The minimum absolute atomic E-state index is 0.0501. The van der Waals surface area contributed by atoms with Gasteiger partial charge in [0.2, 0.25) is 5.91 Å². The van der Waals surface area contributed by atoms with Crippen LogP contribution in [0.1, 0.15) is 43.2 Å². The van der Waals surface area contributed by atoms with Crippen molar-refractivity contribution in [1.82, 2.24) is 9.88 Å². The lowest BCUT2D eigenvalue weighted by Gasteiger charge is -2.33. The standard InChI is InChI=1S/C20H29N3O3S/c1-3-14-5-4-6-16-17(13-22-19(14)16)15-7-10-23(11-8-15)20(24)18(21)9-12-27(2,25)26/h4-6,13,15,18,22H,3,7-12,21H2,1-2H3. The van der Waals surface area contributed by atoms with Crippen molar-refractivity contribution < 1.29 is 13.2 Å². The van der Waals surface area contributed by atoms with E-state index in [4.69, 9.17) is 5.73 Å². The highest BCUT2D eigenvalue weighted by Gasteiger charge is 2.28. The first kappa shape index (κ1) is 19.9. The Hall–Kier alpha value is -1.86. The number of nitrogens with zero attached hydrogens (tertiary/aromatic N) is 1. The van der Waals surface area contributed by atoms with Gasteiger partial charge in [0.1, 0.15) is 9.84 Å². The molecule has 27 heavy (non-hydrogen) atoms. The summed E-state index contributed by atoms with van der Waals surface area (Å²) in [5.74, 6) is 0.234. The zero-order chi connectivity index (χ0) is 19.6. The maximum atomic E-state index is 12.5. The highest BCUT2D eigenvalue weighted by atomic mass is 32.2. The molecule has 148 valence electrons. The van der Waals surface area contributed by atoms with Crippen LogP contribution in [-0.4, -0.2) is 55.3 Å². The van der Waals surface area contributed by atoms with Crippen molar-refractivity contribution in [3.8, 4) is 0 Å². The van der Waals surface area contributed by atoms with Gasteiger partial charge in [-0.05, 0) is 42.7 Å². The average molecular weight is 392 g/mol. The number of sulfone groups is 1. The average Bonchev–Trinajstić information content (AvgIpc) is 3.09. The van der Waals surface area contributed by atoms with Gasteiger partial charge in [0, 0.05) is 36.4 Å². The number of carbonyl (C=O) groups excluding carboxylic acids is 1. The number of fused-ring (bicyclic) bond motifs is 1. The molecular weight excluding hydrogens is 362 g/mol. The molecule has 0 aliphatic carbocycles. The number of nitrogens with two attached hydrogens (primary N) is 1. The SMILES string of the molecule is CCc1cccc2c(C3CCN(C(=O)C(N)CCS(C)(=O)=O)CC3)c[nH]c12. The van der Waals surface area contributed by atoms with E-state index >= 15 is 0 Å². The Morgan fingerprint density at radius 2 is 2.04 bits per heavy atom. The topological polar surface area (TPSA) is 96.3 Å². The molecule has 1 atom stereocenters. The molecule has 1 aromatic heterocycles. The third-order valence-corrected chi connectivity index (χ3v) is 6.56. The number of carbonyl (C=O) groups is 1. The number of benzene rings is 1. The Labute approximate surface area is 161 Å². The van der Waals surface area contributed by atoms with Crippen LogP contribution in [0.5, 0.6) is 0 Å². The van der Waals surface area contributed by atoms with E-state index < -0.39 is 15.9 Å². The molecule has 3 rings (SSSR count). The summed E-state index contributed by atoms with van der Waals surface area (Å²) in [6, 6.07) is 5.69. The van der Waals surface area contributed by atoms with Crippen LogP contribution in [0.4, 0.5) is 0 Å². The van der Waals surface area contributed by atoms with Crippen LogP contribution < -0.4 is 5.73 Å². The van der Waals surface area contributed by atoms with Crippen LogP contribution in [0.2, 0.25) is 0 Å². The highest BCUT2D eigenvalue weighted by Crippen LogP contribution is 2.34. The molecule has 1 amide bonds. The number of aromatic nitrogens is 1. The number of rotatable bonds is 6. The van der Waals surface area contributed by atoms with Crippen molar-refractivity contribution in [2.45, 2.75) is 44.6 Å². The minimum Gasteiger partial charge on any atom is -0.361 e. The first-order valence-electron chi connectivity index (χ1n) is 9.61. The summed E-state index contributed by atoms with van der Waals surface area (Å²) in [4.78, 5) is 17.7. The van der Waals surface area contributed by atoms with E-state index in [1.54, 1.807) is 4.90 Å². The van der Waals surface area contributed by atoms with Gasteiger partial charge in [-0.2, -0.15) is 0 Å². The highest BCUT2D eigenvalue weighted by molar-refractivity contribution is 7.90. The normalized spacial score (nSPS) is 17.4. The molecule has 2 aromatic rings. The molecular formula is C20H29N3O3S. The summed E-state index contributed by atoms with van der Waals surface area (Å²) in [5.41, 5.74) is 9.80. The molecule has 1 fully saturated rings. The van der Waals surface area contributed by atoms with Crippen LogP contribution in [-0.2, 0) is 21.1 Å². The lowest BCUT2D eigenvalue weighted by molar-refractivity contribution is -0.133.